The van der Waals surface area contributed by atoms with Gasteiger partial charge in [0.2, 0.25) is 0 Å². The smallest absolute Gasteiger partial charge is 0.0335 e. The number of anilines is 2. The van der Waals surface area contributed by atoms with E-state index in [9.17, 15) is 0 Å². The number of hydrogen-bond acceptors (Lipinski definition) is 3. The van der Waals surface area contributed by atoms with Crippen molar-refractivity contribution < 1.29 is 0 Å². The van der Waals surface area contributed by atoms with Crippen LogP contribution in [0.2, 0.25) is 0 Å². The van der Waals surface area contributed by atoms with Crippen LogP contribution in [0.25, 0.3) is 0 Å². The molecule has 0 unspecified atom stereocenters. The number of rotatable bonds is 2. The van der Waals surface area contributed by atoms with Crippen LogP contribution in [0.15, 0.2) is 55.1 Å². The molecule has 0 saturated heterocycles. The van der Waals surface area contributed by atoms with Crippen LogP contribution in [0.5, 0.6) is 0 Å². The lowest BCUT2D eigenvalue weighted by Gasteiger charge is -2.07. The molecule has 0 bridgehead atoms. The zero-order valence-corrected chi connectivity index (χ0v) is 12.8. The van der Waals surface area contributed by atoms with Crippen molar-refractivity contribution in [2.75, 3.05) is 11.5 Å². The Hall–Kier alpha value is -0.650. The average Bonchev–Trinajstić information content (AvgIpc) is 2.25. The Morgan fingerprint density at radius 2 is 1.18 bits per heavy atom. The highest BCUT2D eigenvalue weighted by molar-refractivity contribution is 9.11. The van der Waals surface area contributed by atoms with Crippen molar-refractivity contribution in [3.63, 3.8) is 0 Å². The summed E-state index contributed by atoms with van der Waals surface area (Å²) in [5, 5.41) is 0. The third kappa shape index (κ3) is 3.18. The Morgan fingerprint density at radius 1 is 0.765 bits per heavy atom. The van der Waals surface area contributed by atoms with Gasteiger partial charge in [-0.05, 0) is 68.3 Å². The maximum absolute atomic E-state index is 5.71. The molecule has 0 aliphatic heterocycles. The van der Waals surface area contributed by atoms with E-state index in [1.807, 2.05) is 36.4 Å². The van der Waals surface area contributed by atoms with Gasteiger partial charge in [0.1, 0.15) is 0 Å². The van der Waals surface area contributed by atoms with E-state index in [1.165, 1.54) is 0 Å². The molecule has 0 amide bonds. The van der Waals surface area contributed by atoms with Crippen LogP contribution in [0, 0.1) is 0 Å². The summed E-state index contributed by atoms with van der Waals surface area (Å²) in [5.74, 6) is 0. The Balaban J connectivity index is 2.31. The molecule has 2 aromatic rings. The molecule has 0 aliphatic carbocycles. The molecule has 2 rings (SSSR count). The average molecular weight is 374 g/mol. The predicted molar refractivity (Wildman–Crippen MR) is 81.2 cm³/mol. The van der Waals surface area contributed by atoms with Crippen molar-refractivity contribution in [3.8, 4) is 0 Å². The Bertz CT molecular complexity index is 509. The lowest BCUT2D eigenvalue weighted by Crippen LogP contribution is -1.86. The molecule has 0 atom stereocenters. The molecule has 4 N–H and O–H groups in total. The van der Waals surface area contributed by atoms with Crippen LogP contribution in [0.4, 0.5) is 11.4 Å². The Kier molecular flexibility index (Phi) is 4.01. The molecule has 0 aliphatic rings. The molecule has 0 saturated carbocycles. The van der Waals surface area contributed by atoms with Gasteiger partial charge in [0.05, 0.1) is 0 Å². The van der Waals surface area contributed by atoms with Crippen LogP contribution in [-0.4, -0.2) is 0 Å². The first-order valence-corrected chi connectivity index (χ1v) is 7.24. The number of halogens is 2. The third-order valence-electron chi connectivity index (χ3n) is 2.13. The number of nitrogen functional groups attached to an aromatic ring is 2. The molecule has 0 fully saturated rings. The molecule has 2 aromatic carbocycles. The topological polar surface area (TPSA) is 52.0 Å². The van der Waals surface area contributed by atoms with Crippen LogP contribution in [-0.2, 0) is 0 Å². The number of hydrogen-bond donors (Lipinski definition) is 2. The zero-order chi connectivity index (χ0) is 12.4. The summed E-state index contributed by atoms with van der Waals surface area (Å²) in [7, 11) is 0. The van der Waals surface area contributed by atoms with Gasteiger partial charge in [0, 0.05) is 30.1 Å². The van der Waals surface area contributed by atoms with Crippen molar-refractivity contribution in [3.05, 3.63) is 45.3 Å². The molecule has 17 heavy (non-hydrogen) atoms. The van der Waals surface area contributed by atoms with E-state index >= 15 is 0 Å². The normalized spacial score (nSPS) is 10.5. The maximum Gasteiger partial charge on any atom is 0.0335 e. The summed E-state index contributed by atoms with van der Waals surface area (Å²) in [6, 6.07) is 11.6. The highest BCUT2D eigenvalue weighted by Crippen LogP contribution is 2.38. The summed E-state index contributed by atoms with van der Waals surface area (Å²) in [4.78, 5) is 2.23. The fourth-order valence-electron chi connectivity index (χ4n) is 1.32. The first-order chi connectivity index (χ1) is 8.06. The highest BCUT2D eigenvalue weighted by Gasteiger charge is 2.06. The first-order valence-electron chi connectivity index (χ1n) is 4.84. The zero-order valence-electron chi connectivity index (χ0n) is 8.78. The molecule has 0 radical (unpaired) electrons. The Morgan fingerprint density at radius 3 is 1.53 bits per heavy atom. The largest absolute Gasteiger partial charge is 0.399 e. The second-order valence-electron chi connectivity index (χ2n) is 3.48. The fraction of sp³-hybridized carbons (Fsp3) is 0. The van der Waals surface area contributed by atoms with E-state index in [1.54, 1.807) is 11.8 Å². The van der Waals surface area contributed by atoms with Crippen LogP contribution >= 0.6 is 43.6 Å². The van der Waals surface area contributed by atoms with Gasteiger partial charge >= 0.3 is 0 Å². The minimum absolute atomic E-state index is 0.748. The van der Waals surface area contributed by atoms with E-state index in [2.05, 4.69) is 31.9 Å². The van der Waals surface area contributed by atoms with E-state index in [0.717, 1.165) is 30.1 Å². The summed E-state index contributed by atoms with van der Waals surface area (Å²) < 4.78 is 1.98. The Labute approximate surface area is 121 Å². The van der Waals surface area contributed by atoms with Crippen molar-refractivity contribution in [2.45, 2.75) is 9.79 Å². The molecule has 0 aromatic heterocycles. The minimum Gasteiger partial charge on any atom is -0.399 e. The molecule has 0 spiro atoms. The van der Waals surface area contributed by atoms with Crippen molar-refractivity contribution >= 4 is 55.0 Å². The summed E-state index contributed by atoms with van der Waals surface area (Å²) >= 11 is 8.66. The van der Waals surface area contributed by atoms with Gasteiger partial charge in [-0.2, -0.15) is 0 Å². The SMILES string of the molecule is Nc1ccc(Sc2ccc(N)cc2Br)c(Br)c1. The van der Waals surface area contributed by atoms with Crippen molar-refractivity contribution in [2.24, 2.45) is 0 Å². The van der Waals surface area contributed by atoms with E-state index in [-0.39, 0.29) is 0 Å². The van der Waals surface area contributed by atoms with Crippen molar-refractivity contribution in [1.82, 2.24) is 0 Å². The number of benzene rings is 2. The summed E-state index contributed by atoms with van der Waals surface area (Å²) in [6.07, 6.45) is 0. The van der Waals surface area contributed by atoms with E-state index in [4.69, 9.17) is 11.5 Å². The van der Waals surface area contributed by atoms with Crippen molar-refractivity contribution in [1.29, 1.82) is 0 Å². The van der Waals surface area contributed by atoms with Crippen LogP contribution in [0.3, 0.4) is 0 Å². The van der Waals surface area contributed by atoms with Gasteiger partial charge in [0.15, 0.2) is 0 Å². The predicted octanol–water partition coefficient (Wildman–Crippen LogP) is 4.53. The molecular weight excluding hydrogens is 364 g/mol. The minimum atomic E-state index is 0.748. The van der Waals surface area contributed by atoms with Gasteiger partial charge in [-0.25, -0.2) is 0 Å². The lowest BCUT2D eigenvalue weighted by atomic mass is 10.3. The van der Waals surface area contributed by atoms with E-state index < -0.39 is 0 Å². The fourth-order valence-corrected chi connectivity index (χ4v) is 3.42. The second-order valence-corrected chi connectivity index (χ2v) is 6.27. The third-order valence-corrected chi connectivity index (χ3v) is 5.12. The lowest BCUT2D eigenvalue weighted by molar-refractivity contribution is 1.35. The van der Waals surface area contributed by atoms with Gasteiger partial charge in [0.25, 0.3) is 0 Å². The van der Waals surface area contributed by atoms with Gasteiger partial charge in [-0.1, -0.05) is 11.8 Å². The van der Waals surface area contributed by atoms with Gasteiger partial charge in [-0.3, -0.25) is 0 Å². The molecule has 88 valence electrons. The molecule has 2 nitrogen and oxygen atoms in total. The van der Waals surface area contributed by atoms with Crippen LogP contribution < -0.4 is 11.5 Å². The molecular formula is C12H10Br2N2S. The van der Waals surface area contributed by atoms with Gasteiger partial charge in [-0.15, -0.1) is 0 Å². The maximum atomic E-state index is 5.71. The standard InChI is InChI=1S/C12H10Br2N2S/c13-9-5-7(15)1-3-11(9)17-12-4-2-8(16)6-10(12)14/h1-6H,15-16H2. The summed E-state index contributed by atoms with van der Waals surface area (Å²) in [5.41, 5.74) is 12.9. The quantitative estimate of drug-likeness (QED) is 0.760. The monoisotopic (exact) mass is 372 g/mol. The highest BCUT2D eigenvalue weighted by atomic mass is 79.9. The summed E-state index contributed by atoms with van der Waals surface area (Å²) in [6.45, 7) is 0. The van der Waals surface area contributed by atoms with Gasteiger partial charge < -0.3 is 11.5 Å². The van der Waals surface area contributed by atoms with E-state index in [0.29, 0.717) is 0 Å². The number of nitrogens with two attached hydrogens (primary N) is 2. The molecule has 5 heteroatoms. The second kappa shape index (κ2) is 5.33. The van der Waals surface area contributed by atoms with Crippen LogP contribution in [0.1, 0.15) is 0 Å². The first kappa shape index (κ1) is 12.8. The molecule has 0 heterocycles.